The van der Waals surface area contributed by atoms with Crippen LogP contribution in [0.1, 0.15) is 44.1 Å². The van der Waals surface area contributed by atoms with Gasteiger partial charge in [-0.3, -0.25) is 4.79 Å². The van der Waals surface area contributed by atoms with Gasteiger partial charge in [0.25, 0.3) is 0 Å². The zero-order chi connectivity index (χ0) is 22.7. The molecule has 2 atom stereocenters. The van der Waals surface area contributed by atoms with Crippen LogP contribution in [0.2, 0.25) is 0 Å². The summed E-state index contributed by atoms with van der Waals surface area (Å²) in [5, 5.41) is 9.47. The monoisotopic (exact) mass is 447 g/mol. The second-order valence-electron chi connectivity index (χ2n) is 8.66. The van der Waals surface area contributed by atoms with Crippen molar-refractivity contribution in [2.45, 2.75) is 51.2 Å². The minimum atomic E-state index is -2.90. The molecule has 4 rings (SSSR count). The third kappa shape index (κ3) is 5.66. The van der Waals surface area contributed by atoms with Crippen LogP contribution < -0.4 is 14.2 Å². The van der Waals surface area contributed by atoms with Gasteiger partial charge in [-0.05, 0) is 67.2 Å². The smallest absolute Gasteiger partial charge is 0.388 e. The van der Waals surface area contributed by atoms with Gasteiger partial charge in [0.05, 0.1) is 24.8 Å². The summed E-state index contributed by atoms with van der Waals surface area (Å²) < 4.78 is 40.4. The number of alkyl halides is 2. The highest BCUT2D eigenvalue weighted by molar-refractivity contribution is 5.71. The molecule has 0 spiro atoms. The fourth-order valence-corrected chi connectivity index (χ4v) is 4.30. The lowest BCUT2D eigenvalue weighted by Gasteiger charge is -2.35. The van der Waals surface area contributed by atoms with Crippen molar-refractivity contribution in [1.82, 2.24) is 4.98 Å². The number of nitrogens with zero attached hydrogens (tertiary/aromatic N) is 1. The quantitative estimate of drug-likeness (QED) is 0.514. The van der Waals surface area contributed by atoms with E-state index in [2.05, 4.69) is 9.72 Å². The summed E-state index contributed by atoms with van der Waals surface area (Å²) in [7, 11) is 0. The first-order valence-electron chi connectivity index (χ1n) is 10.9. The third-order valence-electron chi connectivity index (χ3n) is 6.20. The second-order valence-corrected chi connectivity index (χ2v) is 8.66. The normalized spacial score (nSPS) is 22.0. The number of rotatable bonds is 11. The van der Waals surface area contributed by atoms with Crippen molar-refractivity contribution in [2.24, 2.45) is 17.8 Å². The topological polar surface area (TPSA) is 77.9 Å². The molecule has 0 radical (unpaired) electrons. The maximum Gasteiger partial charge on any atom is 0.388 e. The van der Waals surface area contributed by atoms with Crippen LogP contribution in [0.15, 0.2) is 42.6 Å². The molecule has 1 aromatic heterocycles. The Morgan fingerprint density at radius 1 is 1.19 bits per heavy atom. The van der Waals surface area contributed by atoms with Crippen molar-refractivity contribution in [2.75, 3.05) is 6.61 Å². The van der Waals surface area contributed by atoms with Gasteiger partial charge in [0.2, 0.25) is 5.88 Å². The van der Waals surface area contributed by atoms with Gasteiger partial charge < -0.3 is 19.3 Å². The largest absolute Gasteiger partial charge is 0.493 e. The molecular weight excluding hydrogens is 420 g/mol. The molecule has 2 aliphatic rings. The Kier molecular flexibility index (Phi) is 6.77. The fraction of sp³-hybridized carbons (Fsp3) is 0.500. The molecule has 2 aromatic rings. The van der Waals surface area contributed by atoms with E-state index < -0.39 is 18.5 Å². The number of carboxylic acid groups (broad SMARTS) is 1. The van der Waals surface area contributed by atoms with Crippen LogP contribution in [0.4, 0.5) is 8.78 Å². The fourth-order valence-electron chi connectivity index (χ4n) is 4.30. The van der Waals surface area contributed by atoms with E-state index in [9.17, 15) is 18.7 Å². The number of aliphatic carboxylic acids is 1. The van der Waals surface area contributed by atoms with E-state index >= 15 is 0 Å². The molecule has 1 N–H and O–H groups in total. The van der Waals surface area contributed by atoms with Crippen molar-refractivity contribution >= 4 is 5.97 Å². The van der Waals surface area contributed by atoms with Gasteiger partial charge in [-0.25, -0.2) is 4.98 Å². The van der Waals surface area contributed by atoms with Gasteiger partial charge in [0.1, 0.15) is 11.5 Å². The van der Waals surface area contributed by atoms with E-state index in [0.29, 0.717) is 24.2 Å². The number of ether oxygens (including phenoxy) is 3. The van der Waals surface area contributed by atoms with Gasteiger partial charge in [0, 0.05) is 6.07 Å². The molecule has 8 heteroatoms. The van der Waals surface area contributed by atoms with Crippen LogP contribution in [0.3, 0.4) is 0 Å². The summed E-state index contributed by atoms with van der Waals surface area (Å²) in [6.45, 7) is -0.560. The second kappa shape index (κ2) is 9.71. The molecule has 2 saturated carbocycles. The molecule has 32 heavy (non-hydrogen) atoms. The third-order valence-corrected chi connectivity index (χ3v) is 6.20. The lowest BCUT2D eigenvalue weighted by molar-refractivity contribution is -0.142. The summed E-state index contributed by atoms with van der Waals surface area (Å²) in [5.41, 5.74) is 1.03. The average molecular weight is 447 g/mol. The number of pyridine rings is 1. The van der Waals surface area contributed by atoms with Crippen LogP contribution in [0.5, 0.6) is 17.4 Å². The van der Waals surface area contributed by atoms with Crippen LogP contribution >= 0.6 is 0 Å². The van der Waals surface area contributed by atoms with E-state index in [1.807, 2.05) is 24.3 Å². The van der Waals surface area contributed by atoms with Gasteiger partial charge in [-0.15, -0.1) is 0 Å². The molecule has 1 aromatic carbocycles. The van der Waals surface area contributed by atoms with Crippen molar-refractivity contribution < 1.29 is 32.9 Å². The Hall–Kier alpha value is -2.90. The lowest BCUT2D eigenvalue weighted by Crippen LogP contribution is -2.37. The molecule has 2 aliphatic carbocycles. The number of hydrogen-bond acceptors (Lipinski definition) is 5. The van der Waals surface area contributed by atoms with Crippen LogP contribution in [-0.4, -0.2) is 35.4 Å². The maximum atomic E-state index is 12.2. The average Bonchev–Trinajstić information content (AvgIpc) is 3.56. The van der Waals surface area contributed by atoms with Gasteiger partial charge in [-0.2, -0.15) is 8.78 Å². The highest BCUT2D eigenvalue weighted by Gasteiger charge is 2.38. The SMILES string of the molecule is C[C@H](C(=O)O)[C@H](c1cccc(OCC2CC(Oc3ccc(OC(F)F)nc3)C2)c1)C1CC1. The van der Waals surface area contributed by atoms with Crippen molar-refractivity contribution in [1.29, 1.82) is 0 Å². The maximum absolute atomic E-state index is 12.2. The lowest BCUT2D eigenvalue weighted by atomic mass is 9.82. The zero-order valence-electron chi connectivity index (χ0n) is 17.8. The molecule has 0 unspecified atom stereocenters. The summed E-state index contributed by atoms with van der Waals surface area (Å²) in [6, 6.07) is 10.7. The Bertz CT molecular complexity index is 913. The minimum absolute atomic E-state index is 0.0172. The molecule has 0 bridgehead atoms. The molecule has 0 aliphatic heterocycles. The summed E-state index contributed by atoms with van der Waals surface area (Å²) in [5.74, 6) is 0.755. The van der Waals surface area contributed by atoms with E-state index in [-0.39, 0.29) is 17.9 Å². The number of carbonyl (C=O) groups is 1. The molecule has 2 fully saturated rings. The number of hydrogen-bond donors (Lipinski definition) is 1. The first-order chi connectivity index (χ1) is 15.4. The summed E-state index contributed by atoms with van der Waals surface area (Å²) in [4.78, 5) is 15.3. The highest BCUT2D eigenvalue weighted by atomic mass is 19.3. The molecule has 6 nitrogen and oxygen atoms in total. The molecule has 0 amide bonds. The molecule has 1 heterocycles. The van der Waals surface area contributed by atoms with E-state index in [4.69, 9.17) is 9.47 Å². The number of carboxylic acids is 1. The van der Waals surface area contributed by atoms with Crippen molar-refractivity contribution in [3.63, 3.8) is 0 Å². The van der Waals surface area contributed by atoms with Crippen LogP contribution in [-0.2, 0) is 4.79 Å². The Balaban J connectivity index is 1.24. The number of aromatic nitrogens is 1. The standard InChI is InChI=1S/C24H27F2NO5/c1-14(23(28)29)22(16-5-6-16)17-3-2-4-18(11-17)30-13-15-9-20(10-15)31-19-7-8-21(27-12-19)32-24(25)26/h2-4,7-8,11-12,14-16,20,22,24H,5-6,9-10,13H2,1H3,(H,28,29)/t14-,15?,20?,22-/m0/s1. The predicted molar refractivity (Wildman–Crippen MR) is 112 cm³/mol. The van der Waals surface area contributed by atoms with Crippen molar-refractivity contribution in [3.8, 4) is 17.4 Å². The van der Waals surface area contributed by atoms with Gasteiger partial charge in [0.15, 0.2) is 0 Å². The first kappa shape index (κ1) is 22.3. The molecular formula is C24H27F2NO5. The summed E-state index contributed by atoms with van der Waals surface area (Å²) >= 11 is 0. The van der Waals surface area contributed by atoms with E-state index in [0.717, 1.165) is 37.0 Å². The number of benzene rings is 1. The Morgan fingerprint density at radius 3 is 2.59 bits per heavy atom. The van der Waals surface area contributed by atoms with E-state index in [1.54, 1.807) is 13.0 Å². The summed E-state index contributed by atoms with van der Waals surface area (Å²) in [6.07, 6.45) is 5.23. The van der Waals surface area contributed by atoms with E-state index in [1.165, 1.54) is 12.3 Å². The van der Waals surface area contributed by atoms with Crippen LogP contribution in [0.25, 0.3) is 0 Å². The Morgan fingerprint density at radius 2 is 1.97 bits per heavy atom. The zero-order valence-corrected chi connectivity index (χ0v) is 17.8. The van der Waals surface area contributed by atoms with Crippen molar-refractivity contribution in [3.05, 3.63) is 48.2 Å². The molecule has 172 valence electrons. The predicted octanol–water partition coefficient (Wildman–Crippen LogP) is 5.13. The highest BCUT2D eigenvalue weighted by Crippen LogP contribution is 2.47. The Labute approximate surface area is 185 Å². The van der Waals surface area contributed by atoms with Gasteiger partial charge >= 0.3 is 12.6 Å². The van der Waals surface area contributed by atoms with Gasteiger partial charge in [-0.1, -0.05) is 19.1 Å². The first-order valence-corrected chi connectivity index (χ1v) is 10.9. The minimum Gasteiger partial charge on any atom is -0.493 e. The number of halogens is 2. The molecule has 0 saturated heterocycles. The van der Waals surface area contributed by atoms with Crippen LogP contribution in [0, 0.1) is 17.8 Å².